The van der Waals surface area contributed by atoms with Crippen LogP contribution in [0.15, 0.2) is 12.2 Å². The summed E-state index contributed by atoms with van der Waals surface area (Å²) in [5.41, 5.74) is 0.565. The SMILES string of the molecule is CCN1C(=O)C=C[C@@]2(C)C1CC[C@@H]1[C@H]2CC[C@]2(C)C(OC3CC3)CC[C@@H]12. The number of nitrogens with zero attached hydrogens (tertiary/aromatic N) is 1. The quantitative estimate of drug-likeness (QED) is 0.741. The van der Waals surface area contributed by atoms with Gasteiger partial charge in [-0.05, 0) is 87.5 Å². The second kappa shape index (κ2) is 5.83. The normalized spacial score (nSPS) is 50.3. The van der Waals surface area contributed by atoms with Gasteiger partial charge in [0.2, 0.25) is 5.91 Å². The summed E-state index contributed by atoms with van der Waals surface area (Å²) < 4.78 is 6.49. The summed E-state index contributed by atoms with van der Waals surface area (Å²) in [7, 11) is 0. The first-order valence-corrected chi connectivity index (χ1v) is 11.1. The summed E-state index contributed by atoms with van der Waals surface area (Å²) in [6.45, 7) is 7.98. The Morgan fingerprint density at radius 1 is 1.08 bits per heavy atom. The Hall–Kier alpha value is -0.830. The maximum Gasteiger partial charge on any atom is 0.246 e. The summed E-state index contributed by atoms with van der Waals surface area (Å²) in [5.74, 6) is 2.61. The smallest absolute Gasteiger partial charge is 0.246 e. The van der Waals surface area contributed by atoms with E-state index in [4.69, 9.17) is 4.74 Å². The molecule has 144 valence electrons. The van der Waals surface area contributed by atoms with Crippen LogP contribution < -0.4 is 0 Å². The fourth-order valence-electron chi connectivity index (χ4n) is 7.59. The maximum absolute atomic E-state index is 12.4. The predicted octanol–water partition coefficient (Wildman–Crippen LogP) is 4.56. The molecule has 3 nitrogen and oxygen atoms in total. The van der Waals surface area contributed by atoms with Crippen LogP contribution in [-0.4, -0.2) is 35.6 Å². The van der Waals surface area contributed by atoms with Crippen LogP contribution in [0.2, 0.25) is 0 Å². The third-order valence-electron chi connectivity index (χ3n) is 9.11. The molecule has 7 atom stereocenters. The van der Waals surface area contributed by atoms with Crippen LogP contribution in [0.4, 0.5) is 0 Å². The van der Waals surface area contributed by atoms with Crippen molar-refractivity contribution in [3.05, 3.63) is 12.2 Å². The number of likely N-dealkylation sites (N-methyl/N-ethyl adjacent to an activating group) is 1. The standard InChI is InChI=1S/C23H35NO2/c1-4-24-19-9-7-16-17-8-10-20(26-15-5-6-15)23(17,3)13-11-18(16)22(19,2)14-12-21(24)25/h12,14-20H,4-11,13H2,1-3H3/t16-,17-,18+,19?,20?,22+,23-/m0/s1. The average molecular weight is 358 g/mol. The van der Waals surface area contributed by atoms with Gasteiger partial charge in [0.05, 0.1) is 12.2 Å². The molecule has 26 heavy (non-hydrogen) atoms. The van der Waals surface area contributed by atoms with E-state index in [0.717, 1.165) is 24.3 Å². The van der Waals surface area contributed by atoms with Crippen LogP contribution in [0.5, 0.6) is 0 Å². The lowest BCUT2D eigenvalue weighted by atomic mass is 9.48. The van der Waals surface area contributed by atoms with Crippen LogP contribution in [0.3, 0.4) is 0 Å². The van der Waals surface area contributed by atoms with Crippen LogP contribution in [0.25, 0.3) is 0 Å². The van der Waals surface area contributed by atoms with Crippen molar-refractivity contribution >= 4 is 5.91 Å². The van der Waals surface area contributed by atoms with E-state index in [0.29, 0.717) is 23.7 Å². The molecule has 4 aliphatic carbocycles. The fraction of sp³-hybridized carbons (Fsp3) is 0.870. The molecule has 0 saturated heterocycles. The van der Waals surface area contributed by atoms with Crippen LogP contribution in [0, 0.1) is 28.6 Å². The molecule has 5 aliphatic rings. The molecule has 0 bridgehead atoms. The number of rotatable bonds is 3. The molecule has 0 radical (unpaired) electrons. The number of hydrogen-bond acceptors (Lipinski definition) is 2. The minimum atomic E-state index is 0.170. The monoisotopic (exact) mass is 357 g/mol. The zero-order chi connectivity index (χ0) is 18.1. The number of ether oxygens (including phenoxy) is 1. The summed E-state index contributed by atoms with van der Waals surface area (Å²) in [6, 6.07) is 0.413. The van der Waals surface area contributed by atoms with E-state index >= 15 is 0 Å². The third-order valence-corrected chi connectivity index (χ3v) is 9.11. The first-order chi connectivity index (χ1) is 12.5. The van der Waals surface area contributed by atoms with E-state index in [9.17, 15) is 4.79 Å². The van der Waals surface area contributed by atoms with Gasteiger partial charge < -0.3 is 9.64 Å². The molecule has 1 aliphatic heterocycles. The van der Waals surface area contributed by atoms with Crippen molar-refractivity contribution in [3.63, 3.8) is 0 Å². The van der Waals surface area contributed by atoms with Crippen molar-refractivity contribution in [2.75, 3.05) is 6.54 Å². The minimum Gasteiger partial charge on any atom is -0.374 e. The molecular formula is C23H35NO2. The first kappa shape index (κ1) is 17.3. The van der Waals surface area contributed by atoms with Gasteiger partial charge in [-0.15, -0.1) is 0 Å². The average Bonchev–Trinajstić information content (AvgIpc) is 3.38. The van der Waals surface area contributed by atoms with Crippen molar-refractivity contribution in [1.29, 1.82) is 0 Å². The molecule has 0 N–H and O–H groups in total. The van der Waals surface area contributed by atoms with Crippen molar-refractivity contribution in [1.82, 2.24) is 4.90 Å². The topological polar surface area (TPSA) is 29.5 Å². The Morgan fingerprint density at radius 3 is 2.62 bits per heavy atom. The van der Waals surface area contributed by atoms with Gasteiger partial charge in [0, 0.05) is 18.0 Å². The van der Waals surface area contributed by atoms with Crippen LogP contribution in [-0.2, 0) is 9.53 Å². The second-order valence-electron chi connectivity index (χ2n) is 10.2. The van der Waals surface area contributed by atoms with E-state index in [2.05, 4.69) is 31.7 Å². The molecule has 0 aromatic carbocycles. The van der Waals surface area contributed by atoms with E-state index in [1.165, 1.54) is 51.4 Å². The molecule has 4 saturated carbocycles. The number of hydrogen-bond donors (Lipinski definition) is 0. The van der Waals surface area contributed by atoms with Gasteiger partial charge in [0.25, 0.3) is 0 Å². The zero-order valence-corrected chi connectivity index (χ0v) is 16.7. The minimum absolute atomic E-state index is 0.170. The van der Waals surface area contributed by atoms with Gasteiger partial charge >= 0.3 is 0 Å². The molecule has 4 fully saturated rings. The molecule has 5 rings (SSSR count). The number of carbonyl (C=O) groups is 1. The maximum atomic E-state index is 12.4. The summed E-state index contributed by atoms with van der Waals surface area (Å²) in [5, 5.41) is 0. The Morgan fingerprint density at radius 2 is 1.88 bits per heavy atom. The van der Waals surface area contributed by atoms with E-state index in [1.54, 1.807) is 0 Å². The van der Waals surface area contributed by atoms with Gasteiger partial charge in [-0.3, -0.25) is 4.79 Å². The third kappa shape index (κ3) is 2.31. The van der Waals surface area contributed by atoms with Gasteiger partial charge in [-0.2, -0.15) is 0 Å². The molecule has 1 heterocycles. The Kier molecular flexibility index (Phi) is 3.88. The summed E-state index contributed by atoms with van der Waals surface area (Å²) in [6.07, 6.45) is 15.6. The van der Waals surface area contributed by atoms with E-state index in [-0.39, 0.29) is 11.3 Å². The number of fused-ring (bicyclic) bond motifs is 5. The molecule has 2 unspecified atom stereocenters. The molecular weight excluding hydrogens is 322 g/mol. The number of amides is 1. The van der Waals surface area contributed by atoms with E-state index in [1.807, 2.05) is 6.08 Å². The highest BCUT2D eigenvalue weighted by atomic mass is 16.5. The highest BCUT2D eigenvalue weighted by Crippen LogP contribution is 2.64. The molecule has 1 amide bonds. The molecule has 0 aromatic rings. The highest BCUT2D eigenvalue weighted by Gasteiger charge is 2.61. The zero-order valence-electron chi connectivity index (χ0n) is 16.7. The van der Waals surface area contributed by atoms with Crippen molar-refractivity contribution in [2.24, 2.45) is 28.6 Å². The van der Waals surface area contributed by atoms with Gasteiger partial charge in [-0.1, -0.05) is 19.9 Å². The number of carbonyl (C=O) groups excluding carboxylic acids is 1. The van der Waals surface area contributed by atoms with Crippen LogP contribution >= 0.6 is 0 Å². The summed E-state index contributed by atoms with van der Waals surface area (Å²) >= 11 is 0. The fourth-order valence-corrected chi connectivity index (χ4v) is 7.59. The second-order valence-corrected chi connectivity index (χ2v) is 10.2. The first-order valence-electron chi connectivity index (χ1n) is 11.1. The van der Waals surface area contributed by atoms with Crippen LogP contribution in [0.1, 0.15) is 72.1 Å². The lowest BCUT2D eigenvalue weighted by Crippen LogP contribution is -2.60. The van der Waals surface area contributed by atoms with Crippen molar-refractivity contribution < 1.29 is 9.53 Å². The lowest BCUT2D eigenvalue weighted by Gasteiger charge is -2.60. The largest absolute Gasteiger partial charge is 0.374 e. The lowest BCUT2D eigenvalue weighted by molar-refractivity contribution is -0.144. The summed E-state index contributed by atoms with van der Waals surface area (Å²) in [4.78, 5) is 14.5. The van der Waals surface area contributed by atoms with Gasteiger partial charge in [0.1, 0.15) is 0 Å². The molecule has 0 aromatic heterocycles. The van der Waals surface area contributed by atoms with E-state index < -0.39 is 0 Å². The van der Waals surface area contributed by atoms with Gasteiger partial charge in [-0.25, -0.2) is 0 Å². The Labute approximate surface area is 158 Å². The molecule has 0 spiro atoms. The predicted molar refractivity (Wildman–Crippen MR) is 103 cm³/mol. The highest BCUT2D eigenvalue weighted by molar-refractivity contribution is 5.89. The van der Waals surface area contributed by atoms with Crippen molar-refractivity contribution in [2.45, 2.75) is 90.4 Å². The Balaban J connectivity index is 1.43. The van der Waals surface area contributed by atoms with Gasteiger partial charge in [0.15, 0.2) is 0 Å². The molecule has 3 heteroatoms. The van der Waals surface area contributed by atoms with Crippen molar-refractivity contribution in [3.8, 4) is 0 Å². The Bertz CT molecular complexity index is 626.